The van der Waals surface area contributed by atoms with Gasteiger partial charge >= 0.3 is 0 Å². The standard InChI is InChI=1S/C22H25N5O/c23-13-18-14-27(22(26-18)21(24)28)20-7-6-17(15-8-10-25-11-9-15)12-19(20)16-4-2-1-3-5-16/h4,6-7,12,14-15,25H,1-3,5,8-11H2,(H2,24,28). The molecule has 0 radical (unpaired) electrons. The quantitative estimate of drug-likeness (QED) is 0.857. The minimum absolute atomic E-state index is 0.101. The number of piperidine rings is 1. The third-order valence-electron chi connectivity index (χ3n) is 5.77. The van der Waals surface area contributed by atoms with Gasteiger partial charge in [-0.25, -0.2) is 4.98 Å². The van der Waals surface area contributed by atoms with Gasteiger partial charge in [0.1, 0.15) is 6.07 Å². The molecule has 4 rings (SSSR count). The summed E-state index contributed by atoms with van der Waals surface area (Å²) in [6.07, 6.45) is 10.6. The van der Waals surface area contributed by atoms with Crippen LogP contribution in [0.25, 0.3) is 11.3 Å². The first kappa shape index (κ1) is 18.5. The average molecular weight is 375 g/mol. The number of hydrogen-bond donors (Lipinski definition) is 2. The summed E-state index contributed by atoms with van der Waals surface area (Å²) in [6.45, 7) is 2.09. The van der Waals surface area contributed by atoms with Crippen LogP contribution in [-0.2, 0) is 0 Å². The lowest BCUT2D eigenvalue weighted by molar-refractivity contribution is 0.0989. The zero-order valence-electron chi connectivity index (χ0n) is 15.9. The number of nitriles is 1. The third-order valence-corrected chi connectivity index (χ3v) is 5.77. The minimum Gasteiger partial charge on any atom is -0.363 e. The Morgan fingerprint density at radius 1 is 1.29 bits per heavy atom. The van der Waals surface area contributed by atoms with Crippen LogP contribution in [-0.4, -0.2) is 28.5 Å². The van der Waals surface area contributed by atoms with Crippen molar-refractivity contribution in [3.63, 3.8) is 0 Å². The Balaban J connectivity index is 1.85. The van der Waals surface area contributed by atoms with Crippen molar-refractivity contribution in [2.75, 3.05) is 13.1 Å². The van der Waals surface area contributed by atoms with Crippen molar-refractivity contribution in [3.8, 4) is 11.8 Å². The number of rotatable bonds is 4. The zero-order valence-corrected chi connectivity index (χ0v) is 15.9. The lowest BCUT2D eigenvalue weighted by Crippen LogP contribution is -2.26. The summed E-state index contributed by atoms with van der Waals surface area (Å²) in [5, 5.41) is 12.7. The van der Waals surface area contributed by atoms with E-state index in [2.05, 4.69) is 34.6 Å². The van der Waals surface area contributed by atoms with Crippen molar-refractivity contribution in [3.05, 3.63) is 53.1 Å². The molecular formula is C22H25N5O. The van der Waals surface area contributed by atoms with Gasteiger partial charge in [-0.2, -0.15) is 5.26 Å². The molecule has 1 aromatic carbocycles. The van der Waals surface area contributed by atoms with Crippen molar-refractivity contribution in [1.29, 1.82) is 5.26 Å². The van der Waals surface area contributed by atoms with Gasteiger partial charge < -0.3 is 11.1 Å². The van der Waals surface area contributed by atoms with E-state index in [1.54, 1.807) is 10.8 Å². The molecule has 0 spiro atoms. The second kappa shape index (κ2) is 7.99. The SMILES string of the molecule is N#Cc1cn(-c2ccc(C3CCNCC3)cc2C2=CCCCC2)c(C(N)=O)n1. The topological polar surface area (TPSA) is 96.7 Å². The number of imidazole rings is 1. The zero-order chi connectivity index (χ0) is 19.5. The molecular weight excluding hydrogens is 350 g/mol. The number of benzene rings is 1. The molecule has 1 aliphatic heterocycles. The van der Waals surface area contributed by atoms with Crippen LogP contribution in [0.2, 0.25) is 0 Å². The number of primary amides is 1. The van der Waals surface area contributed by atoms with Crippen LogP contribution < -0.4 is 11.1 Å². The van der Waals surface area contributed by atoms with Crippen molar-refractivity contribution < 1.29 is 4.79 Å². The Kier molecular flexibility index (Phi) is 5.27. The molecule has 6 nitrogen and oxygen atoms in total. The van der Waals surface area contributed by atoms with Gasteiger partial charge in [0.25, 0.3) is 5.91 Å². The summed E-state index contributed by atoms with van der Waals surface area (Å²) in [7, 11) is 0. The minimum atomic E-state index is -0.632. The fourth-order valence-electron chi connectivity index (χ4n) is 4.30. The molecule has 0 bridgehead atoms. The molecule has 3 N–H and O–H groups in total. The van der Waals surface area contributed by atoms with E-state index >= 15 is 0 Å². The maximum Gasteiger partial charge on any atom is 0.285 e. The third kappa shape index (κ3) is 3.58. The largest absolute Gasteiger partial charge is 0.363 e. The summed E-state index contributed by atoms with van der Waals surface area (Å²) in [4.78, 5) is 16.0. The van der Waals surface area contributed by atoms with E-state index < -0.39 is 5.91 Å². The summed E-state index contributed by atoms with van der Waals surface area (Å²) >= 11 is 0. The molecule has 0 unspecified atom stereocenters. The summed E-state index contributed by atoms with van der Waals surface area (Å²) in [5.74, 6) is 0.0163. The number of aromatic nitrogens is 2. The van der Waals surface area contributed by atoms with Gasteiger partial charge in [-0.3, -0.25) is 9.36 Å². The van der Waals surface area contributed by atoms with Gasteiger partial charge in [0.15, 0.2) is 5.69 Å². The van der Waals surface area contributed by atoms with Crippen LogP contribution in [0.5, 0.6) is 0 Å². The Hall–Kier alpha value is -2.91. The number of amides is 1. The van der Waals surface area contributed by atoms with Crippen LogP contribution in [0.1, 0.15) is 71.9 Å². The maximum atomic E-state index is 11.9. The van der Waals surface area contributed by atoms with Gasteiger partial charge in [0, 0.05) is 11.8 Å². The van der Waals surface area contributed by atoms with Crippen LogP contribution in [0.4, 0.5) is 0 Å². The number of carbonyl (C=O) groups is 1. The predicted octanol–water partition coefficient (Wildman–Crippen LogP) is 3.27. The van der Waals surface area contributed by atoms with Gasteiger partial charge in [-0.05, 0) is 80.8 Å². The van der Waals surface area contributed by atoms with Crippen molar-refractivity contribution in [1.82, 2.24) is 14.9 Å². The Morgan fingerprint density at radius 2 is 2.11 bits per heavy atom. The number of nitrogens with one attached hydrogen (secondary N) is 1. The molecule has 1 aliphatic carbocycles. The predicted molar refractivity (Wildman–Crippen MR) is 108 cm³/mol. The average Bonchev–Trinajstić information content (AvgIpc) is 3.19. The smallest absolute Gasteiger partial charge is 0.285 e. The van der Waals surface area contributed by atoms with E-state index in [1.807, 2.05) is 6.07 Å². The van der Waals surface area contributed by atoms with Crippen molar-refractivity contribution in [2.45, 2.75) is 44.4 Å². The first-order valence-corrected chi connectivity index (χ1v) is 10.0. The first-order valence-electron chi connectivity index (χ1n) is 10.0. The highest BCUT2D eigenvalue weighted by molar-refractivity contribution is 5.90. The molecule has 2 heterocycles. The summed E-state index contributed by atoms with van der Waals surface area (Å²) < 4.78 is 1.68. The fraction of sp³-hybridized carbons (Fsp3) is 0.409. The number of nitrogens with two attached hydrogens (primary N) is 1. The number of nitrogens with zero attached hydrogens (tertiary/aromatic N) is 3. The normalized spacial score (nSPS) is 17.8. The monoisotopic (exact) mass is 375 g/mol. The van der Waals surface area contributed by atoms with Crippen LogP contribution >= 0.6 is 0 Å². The molecule has 1 fully saturated rings. The van der Waals surface area contributed by atoms with Gasteiger partial charge in [-0.1, -0.05) is 12.1 Å². The van der Waals surface area contributed by atoms with Crippen LogP contribution in [0.3, 0.4) is 0 Å². The Labute approximate surface area is 165 Å². The lowest BCUT2D eigenvalue weighted by Gasteiger charge is -2.25. The van der Waals surface area contributed by atoms with Gasteiger partial charge in [0.05, 0.1) is 5.69 Å². The fourth-order valence-corrected chi connectivity index (χ4v) is 4.30. The Morgan fingerprint density at radius 3 is 2.79 bits per heavy atom. The van der Waals surface area contributed by atoms with E-state index in [1.165, 1.54) is 24.0 Å². The molecule has 144 valence electrons. The molecule has 2 aromatic rings. The molecule has 1 aromatic heterocycles. The number of carbonyl (C=O) groups excluding carboxylic acids is 1. The van der Waals surface area contributed by atoms with E-state index in [-0.39, 0.29) is 11.5 Å². The molecule has 28 heavy (non-hydrogen) atoms. The lowest BCUT2D eigenvalue weighted by atomic mass is 9.86. The molecule has 1 amide bonds. The Bertz CT molecular complexity index is 960. The second-order valence-electron chi connectivity index (χ2n) is 7.57. The molecule has 1 saturated heterocycles. The molecule has 0 atom stereocenters. The second-order valence-corrected chi connectivity index (χ2v) is 7.57. The van der Waals surface area contributed by atoms with E-state index in [0.717, 1.165) is 50.0 Å². The van der Waals surface area contributed by atoms with Crippen LogP contribution in [0.15, 0.2) is 30.5 Å². The van der Waals surface area contributed by atoms with E-state index in [4.69, 9.17) is 5.73 Å². The van der Waals surface area contributed by atoms with Crippen molar-refractivity contribution in [2.24, 2.45) is 5.73 Å². The van der Waals surface area contributed by atoms with Crippen molar-refractivity contribution >= 4 is 11.5 Å². The molecule has 6 heteroatoms. The summed E-state index contributed by atoms with van der Waals surface area (Å²) in [5.41, 5.74) is 10.4. The molecule has 2 aliphatic rings. The highest BCUT2D eigenvalue weighted by Crippen LogP contribution is 2.35. The highest BCUT2D eigenvalue weighted by Gasteiger charge is 2.22. The van der Waals surface area contributed by atoms with Gasteiger partial charge in [0.2, 0.25) is 5.82 Å². The molecule has 0 saturated carbocycles. The maximum absolute atomic E-state index is 11.9. The van der Waals surface area contributed by atoms with Gasteiger partial charge in [-0.15, -0.1) is 0 Å². The number of allylic oxidation sites excluding steroid dienone is 2. The highest BCUT2D eigenvalue weighted by atomic mass is 16.1. The first-order chi connectivity index (χ1) is 13.7. The number of hydrogen-bond acceptors (Lipinski definition) is 4. The van der Waals surface area contributed by atoms with E-state index in [0.29, 0.717) is 5.92 Å². The van der Waals surface area contributed by atoms with Crippen LogP contribution in [0, 0.1) is 11.3 Å². The van der Waals surface area contributed by atoms with E-state index in [9.17, 15) is 10.1 Å². The summed E-state index contributed by atoms with van der Waals surface area (Å²) in [6, 6.07) is 8.49.